The summed E-state index contributed by atoms with van der Waals surface area (Å²) in [6, 6.07) is 14.5. The van der Waals surface area contributed by atoms with Gasteiger partial charge in [-0.05, 0) is 42.8 Å². The zero-order valence-corrected chi connectivity index (χ0v) is 17.8. The molecule has 3 rings (SSSR count). The highest BCUT2D eigenvalue weighted by Crippen LogP contribution is 2.29. The van der Waals surface area contributed by atoms with Crippen molar-refractivity contribution in [2.45, 2.75) is 6.92 Å². The van der Waals surface area contributed by atoms with Crippen LogP contribution < -0.4 is 14.8 Å². The predicted molar refractivity (Wildman–Crippen MR) is 120 cm³/mol. The Morgan fingerprint density at radius 1 is 1.03 bits per heavy atom. The topological polar surface area (TPSA) is 99.6 Å². The first-order valence-corrected chi connectivity index (χ1v) is 9.91. The van der Waals surface area contributed by atoms with E-state index in [1.165, 1.54) is 19.6 Å². The molecule has 1 amide bonds. The molecule has 1 N–H and O–H groups in total. The number of hydrogen-bond acceptors (Lipinski definition) is 7. The van der Waals surface area contributed by atoms with Gasteiger partial charge >= 0.3 is 5.97 Å². The maximum absolute atomic E-state index is 12.2. The summed E-state index contributed by atoms with van der Waals surface area (Å²) < 4.78 is 16.1. The fraction of sp³-hybridized carbons (Fsp3) is 0.167. The minimum absolute atomic E-state index is 0.159. The van der Waals surface area contributed by atoms with Gasteiger partial charge in [-0.15, -0.1) is 0 Å². The average Bonchev–Trinajstić information content (AvgIpc) is 2.82. The lowest BCUT2D eigenvalue weighted by Crippen LogP contribution is -2.20. The van der Waals surface area contributed by atoms with Crippen LogP contribution in [0, 0.1) is 0 Å². The minimum Gasteiger partial charge on any atom is -0.490 e. The molecule has 0 unspecified atom stereocenters. The molecule has 0 radical (unpaired) electrons. The number of nitrogens with one attached hydrogen (secondary N) is 1. The van der Waals surface area contributed by atoms with E-state index in [0.29, 0.717) is 29.5 Å². The fourth-order valence-corrected chi connectivity index (χ4v) is 2.79. The summed E-state index contributed by atoms with van der Waals surface area (Å²) in [6.45, 7) is 2.13. The van der Waals surface area contributed by atoms with Crippen LogP contribution in [0.15, 0.2) is 61.1 Å². The van der Waals surface area contributed by atoms with E-state index in [4.69, 9.17) is 14.2 Å². The second-order valence-electron chi connectivity index (χ2n) is 6.49. The van der Waals surface area contributed by atoms with Crippen LogP contribution in [0.5, 0.6) is 11.5 Å². The van der Waals surface area contributed by atoms with Crippen LogP contribution in [0.1, 0.15) is 28.5 Å². The van der Waals surface area contributed by atoms with E-state index in [2.05, 4.69) is 15.3 Å². The first-order valence-electron chi connectivity index (χ1n) is 9.91. The highest BCUT2D eigenvalue weighted by Gasteiger charge is 2.12. The van der Waals surface area contributed by atoms with Crippen molar-refractivity contribution >= 4 is 29.7 Å². The Hall–Kier alpha value is -4.20. The van der Waals surface area contributed by atoms with Crippen molar-refractivity contribution in [2.24, 2.45) is 0 Å². The molecule has 164 valence electrons. The van der Waals surface area contributed by atoms with Crippen LogP contribution in [-0.2, 0) is 9.53 Å². The van der Waals surface area contributed by atoms with Crippen molar-refractivity contribution < 1.29 is 23.8 Å². The van der Waals surface area contributed by atoms with Crippen molar-refractivity contribution in [1.29, 1.82) is 0 Å². The molecule has 0 saturated carbocycles. The molecule has 0 aliphatic heterocycles. The first kappa shape index (κ1) is 22.5. The second kappa shape index (κ2) is 11.3. The van der Waals surface area contributed by atoms with Gasteiger partial charge < -0.3 is 19.5 Å². The minimum atomic E-state index is -0.516. The molecule has 8 heteroatoms. The summed E-state index contributed by atoms with van der Waals surface area (Å²) in [5.74, 6) is 0.155. The summed E-state index contributed by atoms with van der Waals surface area (Å²) in [5.41, 5.74) is 2.19. The first-order chi connectivity index (χ1) is 15.6. The third-order valence-corrected chi connectivity index (χ3v) is 4.27. The number of rotatable bonds is 9. The molecule has 0 spiro atoms. The van der Waals surface area contributed by atoms with Gasteiger partial charge in [-0.25, -0.2) is 14.8 Å². The Bertz CT molecular complexity index is 1100. The maximum atomic E-state index is 12.2. The van der Waals surface area contributed by atoms with E-state index in [0.717, 1.165) is 5.56 Å². The van der Waals surface area contributed by atoms with Gasteiger partial charge in [0.1, 0.15) is 11.9 Å². The summed E-state index contributed by atoms with van der Waals surface area (Å²) >= 11 is 0. The van der Waals surface area contributed by atoms with Gasteiger partial charge in [0, 0.05) is 11.9 Å². The monoisotopic (exact) mass is 433 g/mol. The van der Waals surface area contributed by atoms with E-state index in [1.54, 1.807) is 36.4 Å². The fourth-order valence-electron chi connectivity index (χ4n) is 2.79. The van der Waals surface area contributed by atoms with Gasteiger partial charge in [-0.1, -0.05) is 30.3 Å². The van der Waals surface area contributed by atoms with Crippen LogP contribution in [0.4, 0.5) is 5.69 Å². The molecule has 0 fully saturated rings. The highest BCUT2D eigenvalue weighted by molar-refractivity contribution is 5.93. The number of hydrogen-bond donors (Lipinski definition) is 1. The van der Waals surface area contributed by atoms with Gasteiger partial charge in [0.25, 0.3) is 5.91 Å². The van der Waals surface area contributed by atoms with Crippen LogP contribution in [0.2, 0.25) is 0 Å². The quantitative estimate of drug-likeness (QED) is 0.512. The number of esters is 1. The molecule has 0 saturated heterocycles. The lowest BCUT2D eigenvalue weighted by atomic mass is 10.1. The molecule has 1 heterocycles. The maximum Gasteiger partial charge on any atom is 0.341 e. The van der Waals surface area contributed by atoms with E-state index < -0.39 is 5.97 Å². The number of para-hydroxylation sites is 1. The number of anilines is 1. The number of nitrogens with zero attached hydrogens (tertiary/aromatic N) is 2. The van der Waals surface area contributed by atoms with E-state index >= 15 is 0 Å². The van der Waals surface area contributed by atoms with Gasteiger partial charge in [0.15, 0.2) is 18.1 Å². The average molecular weight is 433 g/mol. The summed E-state index contributed by atoms with van der Waals surface area (Å²) in [5, 5.41) is 2.77. The normalized spacial score (nSPS) is 10.6. The zero-order valence-electron chi connectivity index (χ0n) is 17.8. The molecule has 32 heavy (non-hydrogen) atoms. The molecule has 2 aromatic carbocycles. The third kappa shape index (κ3) is 6.15. The highest BCUT2D eigenvalue weighted by atomic mass is 16.5. The van der Waals surface area contributed by atoms with Crippen molar-refractivity contribution in [2.75, 3.05) is 25.6 Å². The lowest BCUT2D eigenvalue weighted by molar-refractivity contribution is -0.118. The molecule has 0 atom stereocenters. The standard InChI is InChI=1S/C24H23N3O5/c1-3-31-22-13-17(9-11-20-19(24(29)30-2)14-25-16-26-20)10-12-21(22)32-15-23(28)27-18-7-5-4-6-8-18/h4-14,16H,3,15H2,1-2H3,(H,27,28). The molecular weight excluding hydrogens is 410 g/mol. The summed E-state index contributed by atoms with van der Waals surface area (Å²) in [6.07, 6.45) is 6.23. The molecule has 0 aliphatic rings. The zero-order chi connectivity index (χ0) is 22.8. The van der Waals surface area contributed by atoms with Crippen molar-refractivity contribution in [3.8, 4) is 11.5 Å². The number of carbonyl (C=O) groups is 2. The van der Waals surface area contributed by atoms with E-state index in [9.17, 15) is 9.59 Å². The Morgan fingerprint density at radius 3 is 2.59 bits per heavy atom. The largest absolute Gasteiger partial charge is 0.490 e. The molecule has 1 aromatic heterocycles. The van der Waals surface area contributed by atoms with Crippen molar-refractivity contribution in [3.63, 3.8) is 0 Å². The van der Waals surface area contributed by atoms with Crippen LogP contribution in [0.3, 0.4) is 0 Å². The van der Waals surface area contributed by atoms with Crippen molar-refractivity contribution in [3.05, 3.63) is 77.9 Å². The number of amides is 1. The van der Waals surface area contributed by atoms with Crippen LogP contribution in [-0.4, -0.2) is 42.2 Å². The number of carbonyl (C=O) groups excluding carboxylic acids is 2. The second-order valence-corrected chi connectivity index (χ2v) is 6.49. The molecule has 0 aliphatic carbocycles. The Morgan fingerprint density at radius 2 is 1.84 bits per heavy atom. The molecule has 3 aromatic rings. The Balaban J connectivity index is 1.71. The molecule has 8 nitrogen and oxygen atoms in total. The van der Waals surface area contributed by atoms with E-state index in [-0.39, 0.29) is 18.1 Å². The van der Waals surface area contributed by atoms with Gasteiger partial charge in [0.2, 0.25) is 0 Å². The Labute approximate surface area is 185 Å². The third-order valence-electron chi connectivity index (χ3n) is 4.27. The van der Waals surface area contributed by atoms with Gasteiger partial charge in [-0.2, -0.15) is 0 Å². The van der Waals surface area contributed by atoms with E-state index in [1.807, 2.05) is 31.2 Å². The number of methoxy groups -OCH3 is 1. The van der Waals surface area contributed by atoms with Crippen molar-refractivity contribution in [1.82, 2.24) is 9.97 Å². The summed E-state index contributed by atoms with van der Waals surface area (Å²) in [7, 11) is 1.30. The van der Waals surface area contributed by atoms with Gasteiger partial charge in [-0.3, -0.25) is 4.79 Å². The number of ether oxygens (including phenoxy) is 3. The molecular formula is C24H23N3O5. The SMILES string of the molecule is CCOc1cc(C=Cc2ncncc2C(=O)OC)ccc1OCC(=O)Nc1ccccc1. The lowest BCUT2D eigenvalue weighted by Gasteiger charge is -2.13. The summed E-state index contributed by atoms with van der Waals surface area (Å²) in [4.78, 5) is 32.0. The van der Waals surface area contributed by atoms with Crippen LogP contribution in [0.25, 0.3) is 12.2 Å². The van der Waals surface area contributed by atoms with Gasteiger partial charge in [0.05, 0.1) is 19.4 Å². The Kier molecular flexibility index (Phi) is 7.91. The van der Waals surface area contributed by atoms with Crippen LogP contribution >= 0.6 is 0 Å². The number of aromatic nitrogens is 2. The predicted octanol–water partition coefficient (Wildman–Crippen LogP) is 3.85. The molecule has 0 bridgehead atoms. The number of benzene rings is 2. The smallest absolute Gasteiger partial charge is 0.341 e.